The van der Waals surface area contributed by atoms with E-state index >= 15 is 0 Å². The van der Waals surface area contributed by atoms with E-state index in [0.29, 0.717) is 0 Å². The lowest BCUT2D eigenvalue weighted by Gasteiger charge is -2.16. The number of aliphatic hydroxyl groups is 1. The van der Waals surface area contributed by atoms with Gasteiger partial charge in [0.1, 0.15) is 0 Å². The topological polar surface area (TPSA) is 49.3 Å². The molecule has 7 heteroatoms. The average molecular weight is 354 g/mol. The maximum Gasteiger partial charge on any atom is 0.416 e. The minimum Gasteiger partial charge on any atom is -0.391 e. The molecule has 1 aromatic rings. The van der Waals surface area contributed by atoms with Crippen LogP contribution in [-0.4, -0.2) is 23.7 Å². The lowest BCUT2D eigenvalue weighted by molar-refractivity contribution is -0.137. The predicted octanol–water partition coefficient (Wildman–Crippen LogP) is 3.21. The monoisotopic (exact) mass is 353 g/mol. The molecule has 0 aliphatic heterocycles. The molecule has 1 atom stereocenters. The van der Waals surface area contributed by atoms with E-state index < -0.39 is 23.8 Å². The molecule has 0 bridgehead atoms. The number of amides is 1. The highest BCUT2D eigenvalue weighted by molar-refractivity contribution is 9.10. The summed E-state index contributed by atoms with van der Waals surface area (Å²) in [7, 11) is 0. The number of alkyl halides is 3. The Bertz CT molecular complexity index is 489. The molecule has 1 rings (SSSR count). The van der Waals surface area contributed by atoms with E-state index in [1.165, 1.54) is 6.07 Å². The molecule has 0 spiro atoms. The van der Waals surface area contributed by atoms with Crippen LogP contribution < -0.4 is 5.32 Å². The van der Waals surface area contributed by atoms with Crippen LogP contribution in [0, 0.1) is 5.92 Å². The first-order chi connectivity index (χ1) is 9.12. The van der Waals surface area contributed by atoms with E-state index in [-0.39, 0.29) is 22.5 Å². The van der Waals surface area contributed by atoms with E-state index in [2.05, 4.69) is 21.2 Å². The van der Waals surface area contributed by atoms with Crippen LogP contribution in [0.2, 0.25) is 0 Å². The number of halogens is 4. The minimum absolute atomic E-state index is 0.0147. The zero-order valence-corrected chi connectivity index (χ0v) is 12.5. The maximum atomic E-state index is 12.6. The third-order valence-corrected chi connectivity index (χ3v) is 3.47. The molecule has 20 heavy (non-hydrogen) atoms. The molecule has 0 radical (unpaired) electrons. The first kappa shape index (κ1) is 17.0. The summed E-state index contributed by atoms with van der Waals surface area (Å²) in [6.45, 7) is 3.53. The highest BCUT2D eigenvalue weighted by atomic mass is 79.9. The van der Waals surface area contributed by atoms with Crippen molar-refractivity contribution in [3.05, 3.63) is 33.8 Å². The summed E-state index contributed by atoms with van der Waals surface area (Å²) >= 11 is 3.04. The Balaban J connectivity index is 2.87. The summed E-state index contributed by atoms with van der Waals surface area (Å²) in [4.78, 5) is 11.9. The molecule has 112 valence electrons. The standard InChI is InChI=1S/C13H15BrF3NO2/c1-7(2)11(19)6-18-12(20)9-5-8(13(15,16)17)3-4-10(9)14/h3-5,7,11,19H,6H2,1-2H3,(H,18,20). The average Bonchev–Trinajstić information content (AvgIpc) is 2.34. The van der Waals surface area contributed by atoms with Crippen LogP contribution in [0.5, 0.6) is 0 Å². The van der Waals surface area contributed by atoms with Gasteiger partial charge in [-0.15, -0.1) is 0 Å². The quantitative estimate of drug-likeness (QED) is 0.873. The number of hydrogen-bond donors (Lipinski definition) is 2. The number of carbonyl (C=O) groups is 1. The molecule has 1 unspecified atom stereocenters. The molecule has 0 aliphatic carbocycles. The van der Waals surface area contributed by atoms with Crippen LogP contribution in [-0.2, 0) is 6.18 Å². The highest BCUT2D eigenvalue weighted by Crippen LogP contribution is 2.31. The smallest absolute Gasteiger partial charge is 0.391 e. The second-order valence-electron chi connectivity index (χ2n) is 4.71. The third-order valence-electron chi connectivity index (χ3n) is 2.78. The van der Waals surface area contributed by atoms with Crippen molar-refractivity contribution in [2.24, 2.45) is 5.92 Å². The Hall–Kier alpha value is -1.08. The van der Waals surface area contributed by atoms with Gasteiger partial charge in [0.25, 0.3) is 5.91 Å². The molecule has 2 N–H and O–H groups in total. The van der Waals surface area contributed by atoms with E-state index in [1.54, 1.807) is 13.8 Å². The molecule has 0 heterocycles. The van der Waals surface area contributed by atoms with Gasteiger partial charge in [0.15, 0.2) is 0 Å². The predicted molar refractivity (Wildman–Crippen MR) is 72.3 cm³/mol. The second kappa shape index (κ2) is 6.58. The second-order valence-corrected chi connectivity index (χ2v) is 5.57. The van der Waals surface area contributed by atoms with Crippen molar-refractivity contribution in [2.45, 2.75) is 26.1 Å². The Morgan fingerprint density at radius 1 is 1.40 bits per heavy atom. The van der Waals surface area contributed by atoms with Gasteiger partial charge in [0.2, 0.25) is 0 Å². The van der Waals surface area contributed by atoms with Crippen molar-refractivity contribution in [3.8, 4) is 0 Å². The van der Waals surface area contributed by atoms with Crippen LogP contribution in [0.1, 0.15) is 29.8 Å². The summed E-state index contributed by atoms with van der Waals surface area (Å²) in [6.07, 6.45) is -5.25. The van der Waals surface area contributed by atoms with Gasteiger partial charge in [-0.05, 0) is 40.0 Å². The van der Waals surface area contributed by atoms with E-state index in [4.69, 9.17) is 0 Å². The van der Waals surface area contributed by atoms with Gasteiger partial charge in [-0.1, -0.05) is 13.8 Å². The summed E-state index contributed by atoms with van der Waals surface area (Å²) in [5.74, 6) is -0.720. The molecular weight excluding hydrogens is 339 g/mol. The molecule has 0 aromatic heterocycles. The van der Waals surface area contributed by atoms with Crippen LogP contribution in [0.15, 0.2) is 22.7 Å². The van der Waals surface area contributed by atoms with Crippen LogP contribution >= 0.6 is 15.9 Å². The number of carbonyl (C=O) groups excluding carboxylic acids is 1. The number of hydrogen-bond acceptors (Lipinski definition) is 2. The van der Waals surface area contributed by atoms with Gasteiger partial charge in [-0.25, -0.2) is 0 Å². The van der Waals surface area contributed by atoms with Gasteiger partial charge in [0, 0.05) is 11.0 Å². The van der Waals surface area contributed by atoms with Gasteiger partial charge in [-0.2, -0.15) is 13.2 Å². The van der Waals surface area contributed by atoms with Crippen molar-refractivity contribution in [1.82, 2.24) is 5.32 Å². The van der Waals surface area contributed by atoms with Crippen LogP contribution in [0.25, 0.3) is 0 Å². The van der Waals surface area contributed by atoms with E-state index in [0.717, 1.165) is 12.1 Å². The minimum atomic E-state index is -4.51. The molecular formula is C13H15BrF3NO2. The van der Waals surface area contributed by atoms with Gasteiger partial charge in [-0.3, -0.25) is 4.79 Å². The highest BCUT2D eigenvalue weighted by Gasteiger charge is 2.31. The molecule has 0 aliphatic rings. The number of rotatable bonds is 4. The lowest BCUT2D eigenvalue weighted by Crippen LogP contribution is -2.35. The van der Waals surface area contributed by atoms with Crippen LogP contribution in [0.4, 0.5) is 13.2 Å². The first-order valence-corrected chi connectivity index (χ1v) is 6.75. The summed E-state index contributed by atoms with van der Waals surface area (Å²) in [6, 6.07) is 2.85. The molecule has 0 saturated heterocycles. The molecule has 1 amide bonds. The number of benzene rings is 1. The summed E-state index contributed by atoms with van der Waals surface area (Å²) < 4.78 is 38.1. The fourth-order valence-corrected chi connectivity index (χ4v) is 1.83. The molecule has 3 nitrogen and oxygen atoms in total. The molecule has 0 fully saturated rings. The molecule has 0 saturated carbocycles. The SMILES string of the molecule is CC(C)C(O)CNC(=O)c1cc(C(F)(F)F)ccc1Br. The first-order valence-electron chi connectivity index (χ1n) is 5.96. The Morgan fingerprint density at radius 2 is 2.00 bits per heavy atom. The number of aliphatic hydroxyl groups excluding tert-OH is 1. The Labute approximate surface area is 123 Å². The maximum absolute atomic E-state index is 12.6. The largest absolute Gasteiger partial charge is 0.416 e. The van der Waals surface area contributed by atoms with Crippen LogP contribution in [0.3, 0.4) is 0 Å². The van der Waals surface area contributed by atoms with E-state index in [1.807, 2.05) is 0 Å². The van der Waals surface area contributed by atoms with E-state index in [9.17, 15) is 23.1 Å². The van der Waals surface area contributed by atoms with Crippen molar-refractivity contribution >= 4 is 21.8 Å². The van der Waals surface area contributed by atoms with Crippen molar-refractivity contribution in [1.29, 1.82) is 0 Å². The Kier molecular flexibility index (Phi) is 5.59. The van der Waals surface area contributed by atoms with Gasteiger partial charge in [0.05, 0.1) is 17.2 Å². The normalized spacial score (nSPS) is 13.4. The van der Waals surface area contributed by atoms with Crippen molar-refractivity contribution < 1.29 is 23.1 Å². The van der Waals surface area contributed by atoms with Crippen molar-refractivity contribution in [2.75, 3.05) is 6.54 Å². The summed E-state index contributed by atoms with van der Waals surface area (Å²) in [5, 5.41) is 12.0. The molecule has 1 aromatic carbocycles. The van der Waals surface area contributed by atoms with Gasteiger partial charge < -0.3 is 10.4 Å². The fourth-order valence-electron chi connectivity index (χ4n) is 1.40. The van der Waals surface area contributed by atoms with Gasteiger partial charge >= 0.3 is 6.18 Å². The number of nitrogens with one attached hydrogen (secondary N) is 1. The zero-order chi connectivity index (χ0) is 15.5. The third kappa shape index (κ3) is 4.49. The summed E-state index contributed by atoms with van der Waals surface area (Å²) in [5.41, 5.74) is -1.01. The fraction of sp³-hybridized carbons (Fsp3) is 0.462. The van der Waals surface area contributed by atoms with Crippen molar-refractivity contribution in [3.63, 3.8) is 0 Å². The zero-order valence-electron chi connectivity index (χ0n) is 11.0. The Morgan fingerprint density at radius 3 is 2.50 bits per heavy atom. The lowest BCUT2D eigenvalue weighted by atomic mass is 10.1.